The summed E-state index contributed by atoms with van der Waals surface area (Å²) in [6.45, 7) is 8.89. The van der Waals surface area contributed by atoms with E-state index in [1.807, 2.05) is 0 Å². The number of anilines is 6. The number of rotatable bonds is 4. The minimum atomic E-state index is 0.931. The van der Waals surface area contributed by atoms with Crippen LogP contribution in [0.2, 0.25) is 0 Å². The van der Waals surface area contributed by atoms with Crippen LogP contribution in [0.1, 0.15) is 44.5 Å². The van der Waals surface area contributed by atoms with Crippen molar-refractivity contribution in [2.45, 2.75) is 40.5 Å². The molecule has 11 rings (SSSR count). The van der Waals surface area contributed by atoms with Crippen molar-refractivity contribution in [3.8, 4) is 22.3 Å². The fraction of sp³-hybridized carbons (Fsp3) is 0.107. The number of hydrogen-bond acceptors (Lipinski definition) is 2. The molecule has 58 heavy (non-hydrogen) atoms. The number of nitrogens with zero attached hydrogens (tertiary/aromatic N) is 2. The van der Waals surface area contributed by atoms with Crippen molar-refractivity contribution in [3.63, 3.8) is 0 Å². The second-order valence-electron chi connectivity index (χ2n) is 16.5. The van der Waals surface area contributed by atoms with Gasteiger partial charge < -0.3 is 9.80 Å². The molecule has 2 nitrogen and oxygen atoms in total. The molecule has 2 aliphatic rings. The second kappa shape index (κ2) is 13.4. The van der Waals surface area contributed by atoms with E-state index in [0.29, 0.717) is 0 Å². The highest BCUT2D eigenvalue weighted by Gasteiger charge is 2.28. The molecule has 2 heteroatoms. The zero-order valence-corrected chi connectivity index (χ0v) is 33.5. The molecule has 0 unspecified atom stereocenters. The Morgan fingerprint density at radius 2 is 0.621 bits per heavy atom. The molecule has 0 aliphatic carbocycles. The summed E-state index contributed by atoms with van der Waals surface area (Å²) >= 11 is 0. The van der Waals surface area contributed by atoms with Gasteiger partial charge in [-0.3, -0.25) is 0 Å². The van der Waals surface area contributed by atoms with Crippen LogP contribution in [0.5, 0.6) is 0 Å². The van der Waals surface area contributed by atoms with Gasteiger partial charge in [0, 0.05) is 47.0 Å². The van der Waals surface area contributed by atoms with Crippen molar-refractivity contribution < 1.29 is 0 Å². The lowest BCUT2D eigenvalue weighted by Crippen LogP contribution is -2.18. The predicted octanol–water partition coefficient (Wildman–Crippen LogP) is 15.3. The lowest BCUT2D eigenvalue weighted by Gasteiger charge is -2.34. The van der Waals surface area contributed by atoms with Gasteiger partial charge in [-0.05, 0) is 142 Å². The average Bonchev–Trinajstić information content (AvgIpc) is 3.22. The maximum absolute atomic E-state index is 2.48. The minimum absolute atomic E-state index is 0.931. The Labute approximate surface area is 341 Å². The summed E-state index contributed by atoms with van der Waals surface area (Å²) in [4.78, 5) is 4.96. The summed E-state index contributed by atoms with van der Waals surface area (Å²) in [7, 11) is 0. The Morgan fingerprint density at radius 3 is 0.948 bits per heavy atom. The molecule has 0 fully saturated rings. The van der Waals surface area contributed by atoms with Gasteiger partial charge in [-0.15, -0.1) is 0 Å². The molecule has 0 aromatic heterocycles. The zero-order valence-electron chi connectivity index (χ0n) is 33.5. The van der Waals surface area contributed by atoms with Crippen molar-refractivity contribution in [1.82, 2.24) is 0 Å². The molecular formula is C56H44N2. The molecule has 0 bridgehead atoms. The van der Waals surface area contributed by atoms with Crippen LogP contribution >= 0.6 is 0 Å². The standard InChI is InChI=1S/C56H44N2/c1-35-25-36(2)28-43(27-35)55-47-23-21-46(58-53-19-11-7-15-41(53)32-42-16-8-12-20-54(42)58)34-50(47)56(44-29-37(3)26-38(4)30-44)48-24-22-45(33-49(48)55)57-51-17-9-5-13-39(51)31-40-14-6-10-18-52(40)57/h5-30,33-34H,31-32H2,1-4H3. The minimum Gasteiger partial charge on any atom is -0.310 e. The fourth-order valence-electron chi connectivity index (χ4n) is 10.1. The summed E-state index contributed by atoms with van der Waals surface area (Å²) in [6, 6.07) is 64.1. The summed E-state index contributed by atoms with van der Waals surface area (Å²) in [5, 5.41) is 5.02. The summed E-state index contributed by atoms with van der Waals surface area (Å²) in [5.74, 6) is 0. The van der Waals surface area contributed by atoms with Crippen molar-refractivity contribution >= 4 is 55.7 Å². The van der Waals surface area contributed by atoms with E-state index in [1.165, 1.54) is 122 Å². The summed E-state index contributed by atoms with van der Waals surface area (Å²) < 4.78 is 0. The number of aryl methyl sites for hydroxylation is 4. The normalized spacial score (nSPS) is 13.0. The van der Waals surface area contributed by atoms with Crippen molar-refractivity contribution in [2.75, 3.05) is 9.80 Å². The third-order valence-electron chi connectivity index (χ3n) is 12.3. The lowest BCUT2D eigenvalue weighted by molar-refractivity contribution is 1.09. The predicted molar refractivity (Wildman–Crippen MR) is 246 cm³/mol. The van der Waals surface area contributed by atoms with Crippen LogP contribution in [0.3, 0.4) is 0 Å². The van der Waals surface area contributed by atoms with Gasteiger partial charge in [-0.25, -0.2) is 0 Å². The average molecular weight is 745 g/mol. The van der Waals surface area contributed by atoms with E-state index in [2.05, 4.69) is 207 Å². The smallest absolute Gasteiger partial charge is 0.0497 e. The third kappa shape index (κ3) is 5.55. The molecule has 0 N–H and O–H groups in total. The van der Waals surface area contributed by atoms with Crippen molar-refractivity contribution in [3.05, 3.63) is 214 Å². The first kappa shape index (κ1) is 34.4. The van der Waals surface area contributed by atoms with Gasteiger partial charge in [0.05, 0.1) is 0 Å². The first-order chi connectivity index (χ1) is 28.4. The molecule has 2 heterocycles. The van der Waals surface area contributed by atoms with Crippen LogP contribution < -0.4 is 9.80 Å². The van der Waals surface area contributed by atoms with E-state index in [-0.39, 0.29) is 0 Å². The fourth-order valence-corrected chi connectivity index (χ4v) is 10.1. The molecule has 9 aromatic rings. The number of fused-ring (bicyclic) bond motifs is 6. The van der Waals surface area contributed by atoms with Gasteiger partial charge in [0.1, 0.15) is 0 Å². The van der Waals surface area contributed by atoms with Crippen molar-refractivity contribution in [2.24, 2.45) is 0 Å². The highest BCUT2D eigenvalue weighted by Crippen LogP contribution is 2.51. The van der Waals surface area contributed by atoms with Gasteiger partial charge >= 0.3 is 0 Å². The van der Waals surface area contributed by atoms with E-state index in [4.69, 9.17) is 0 Å². The maximum Gasteiger partial charge on any atom is 0.0497 e. The van der Waals surface area contributed by atoms with Gasteiger partial charge in [-0.1, -0.05) is 144 Å². The first-order valence-electron chi connectivity index (χ1n) is 20.5. The van der Waals surface area contributed by atoms with Crippen LogP contribution in [0.4, 0.5) is 34.1 Å². The molecule has 278 valence electrons. The van der Waals surface area contributed by atoms with Gasteiger partial charge in [0.2, 0.25) is 0 Å². The van der Waals surface area contributed by atoms with Gasteiger partial charge in [0.15, 0.2) is 0 Å². The largest absolute Gasteiger partial charge is 0.310 e. The SMILES string of the molecule is Cc1cc(C)cc(-c2c3ccc(N4c5ccccc5Cc5ccccc54)cc3c(-c3cc(C)cc(C)c3)c3ccc(N4c5ccccc5Cc5ccccc54)cc23)c1. The highest BCUT2D eigenvalue weighted by atomic mass is 15.2. The highest BCUT2D eigenvalue weighted by molar-refractivity contribution is 6.23. The molecule has 9 aromatic carbocycles. The Kier molecular flexibility index (Phi) is 7.91. The number of hydrogen-bond donors (Lipinski definition) is 0. The van der Waals surface area contributed by atoms with E-state index < -0.39 is 0 Å². The summed E-state index contributed by atoms with van der Waals surface area (Å²) in [6.07, 6.45) is 1.86. The van der Waals surface area contributed by atoms with Gasteiger partial charge in [-0.2, -0.15) is 0 Å². The monoisotopic (exact) mass is 744 g/mol. The Bertz CT molecular complexity index is 2790. The molecule has 0 radical (unpaired) electrons. The number of benzene rings is 9. The molecule has 0 amide bonds. The maximum atomic E-state index is 2.48. The molecule has 0 atom stereocenters. The number of para-hydroxylation sites is 4. The third-order valence-corrected chi connectivity index (χ3v) is 12.3. The lowest BCUT2D eigenvalue weighted by atomic mass is 9.84. The van der Waals surface area contributed by atoms with Gasteiger partial charge in [0.25, 0.3) is 0 Å². The van der Waals surface area contributed by atoms with Crippen LogP contribution in [0.15, 0.2) is 170 Å². The van der Waals surface area contributed by atoms with Crippen LogP contribution in [-0.4, -0.2) is 0 Å². The topological polar surface area (TPSA) is 6.48 Å². The Morgan fingerprint density at radius 1 is 0.310 bits per heavy atom. The van der Waals surface area contributed by atoms with Crippen LogP contribution in [-0.2, 0) is 12.8 Å². The second-order valence-corrected chi connectivity index (χ2v) is 16.5. The van der Waals surface area contributed by atoms with Crippen LogP contribution in [0, 0.1) is 27.7 Å². The van der Waals surface area contributed by atoms with E-state index in [1.54, 1.807) is 0 Å². The molecule has 0 saturated heterocycles. The Balaban J connectivity index is 1.26. The quantitative estimate of drug-likeness (QED) is 0.166. The summed E-state index contributed by atoms with van der Waals surface area (Å²) in [5.41, 5.74) is 22.8. The molecule has 0 saturated carbocycles. The van der Waals surface area contributed by atoms with Crippen LogP contribution in [0.25, 0.3) is 43.8 Å². The first-order valence-corrected chi connectivity index (χ1v) is 20.5. The Hall–Kier alpha value is -6.90. The molecule has 0 spiro atoms. The van der Waals surface area contributed by atoms with E-state index in [9.17, 15) is 0 Å². The molecular weight excluding hydrogens is 701 g/mol. The van der Waals surface area contributed by atoms with Crippen molar-refractivity contribution in [1.29, 1.82) is 0 Å². The molecule has 2 aliphatic heterocycles. The van der Waals surface area contributed by atoms with E-state index >= 15 is 0 Å². The van der Waals surface area contributed by atoms with E-state index in [0.717, 1.165) is 12.8 Å². The zero-order chi connectivity index (χ0) is 39.1.